The van der Waals surface area contributed by atoms with Crippen molar-refractivity contribution >= 4 is 5.96 Å². The van der Waals surface area contributed by atoms with Crippen LogP contribution in [0.2, 0.25) is 0 Å². The number of aryl methyl sites for hydroxylation is 2. The molecule has 1 atom stereocenters. The minimum absolute atomic E-state index is 0.516. The minimum Gasteiger partial charge on any atom is -0.357 e. The molecule has 0 amide bonds. The number of hydrogen-bond acceptors (Lipinski definition) is 4. The summed E-state index contributed by atoms with van der Waals surface area (Å²) < 4.78 is 3.89. The molecule has 8 heteroatoms. The second-order valence-corrected chi connectivity index (χ2v) is 6.08. The largest absolute Gasteiger partial charge is 0.357 e. The van der Waals surface area contributed by atoms with Crippen LogP contribution in [0.3, 0.4) is 0 Å². The average molecular weight is 330 g/mol. The van der Waals surface area contributed by atoms with Crippen molar-refractivity contribution < 1.29 is 0 Å². The van der Waals surface area contributed by atoms with Crippen molar-refractivity contribution in [3.63, 3.8) is 0 Å². The van der Waals surface area contributed by atoms with E-state index in [1.54, 1.807) is 6.33 Å². The number of aliphatic imine (C=N–C) groups is 1. The van der Waals surface area contributed by atoms with Crippen molar-refractivity contribution in [1.82, 2.24) is 34.8 Å². The molecule has 3 rings (SSSR count). The number of aromatic nitrogens is 5. The van der Waals surface area contributed by atoms with Crippen LogP contribution in [0.25, 0.3) is 0 Å². The van der Waals surface area contributed by atoms with E-state index in [1.165, 1.54) is 5.56 Å². The second-order valence-electron chi connectivity index (χ2n) is 6.08. The topological polar surface area (TPSA) is 76.2 Å². The van der Waals surface area contributed by atoms with Crippen molar-refractivity contribution in [1.29, 1.82) is 0 Å². The highest BCUT2D eigenvalue weighted by Gasteiger charge is 2.26. The fourth-order valence-electron chi connectivity index (χ4n) is 3.11. The molecule has 1 N–H and O–H groups in total. The van der Waals surface area contributed by atoms with Crippen LogP contribution in [0.1, 0.15) is 37.6 Å². The van der Waals surface area contributed by atoms with Crippen LogP contribution in [0, 0.1) is 0 Å². The Balaban J connectivity index is 1.68. The summed E-state index contributed by atoms with van der Waals surface area (Å²) in [5.41, 5.74) is 1.31. The summed E-state index contributed by atoms with van der Waals surface area (Å²) in [7, 11) is 1.96. The molecule has 1 aliphatic rings. The molecule has 2 aromatic rings. The fourth-order valence-corrected chi connectivity index (χ4v) is 3.11. The van der Waals surface area contributed by atoms with Crippen molar-refractivity contribution in [2.75, 3.05) is 19.6 Å². The zero-order chi connectivity index (χ0) is 16.9. The van der Waals surface area contributed by atoms with Crippen LogP contribution in [-0.2, 0) is 20.1 Å². The smallest absolute Gasteiger partial charge is 0.194 e. The molecule has 0 saturated carbocycles. The molecule has 0 aliphatic carbocycles. The molecule has 0 radical (unpaired) electrons. The molecule has 0 bridgehead atoms. The zero-order valence-electron chi connectivity index (χ0n) is 14.7. The molecule has 1 fully saturated rings. The number of guanidine groups is 1. The van der Waals surface area contributed by atoms with Crippen molar-refractivity contribution in [3.05, 3.63) is 30.1 Å². The van der Waals surface area contributed by atoms with Gasteiger partial charge in [0.15, 0.2) is 11.8 Å². The van der Waals surface area contributed by atoms with Gasteiger partial charge in [0.1, 0.15) is 12.9 Å². The molecular weight excluding hydrogens is 304 g/mol. The van der Waals surface area contributed by atoms with Gasteiger partial charge in [-0.05, 0) is 25.8 Å². The Morgan fingerprint density at radius 3 is 3.00 bits per heavy atom. The van der Waals surface area contributed by atoms with Crippen LogP contribution in [0.5, 0.6) is 0 Å². The average Bonchev–Trinajstić information content (AvgIpc) is 3.31. The van der Waals surface area contributed by atoms with Crippen molar-refractivity contribution in [2.24, 2.45) is 12.0 Å². The Kier molecular flexibility index (Phi) is 5.12. The van der Waals surface area contributed by atoms with E-state index in [4.69, 9.17) is 4.99 Å². The first kappa shape index (κ1) is 16.5. The van der Waals surface area contributed by atoms with E-state index in [-0.39, 0.29) is 0 Å². The van der Waals surface area contributed by atoms with Gasteiger partial charge in [-0.1, -0.05) is 0 Å². The van der Waals surface area contributed by atoms with E-state index in [0.717, 1.165) is 44.4 Å². The second kappa shape index (κ2) is 7.46. The van der Waals surface area contributed by atoms with Crippen LogP contribution in [0.4, 0.5) is 0 Å². The maximum atomic E-state index is 4.77. The first-order chi connectivity index (χ1) is 11.7. The summed E-state index contributed by atoms with van der Waals surface area (Å²) in [5, 5.41) is 15.8. The maximum Gasteiger partial charge on any atom is 0.194 e. The van der Waals surface area contributed by atoms with E-state index >= 15 is 0 Å². The Labute approximate surface area is 142 Å². The highest BCUT2D eigenvalue weighted by molar-refractivity contribution is 5.80. The molecule has 0 aromatic carbocycles. The summed E-state index contributed by atoms with van der Waals surface area (Å²) in [6.45, 7) is 8.42. The summed E-state index contributed by atoms with van der Waals surface area (Å²) in [5.74, 6) is 2.37. The van der Waals surface area contributed by atoms with Crippen LogP contribution >= 0.6 is 0 Å². The van der Waals surface area contributed by atoms with Gasteiger partial charge >= 0.3 is 0 Å². The van der Waals surface area contributed by atoms with Gasteiger partial charge in [0.05, 0.1) is 6.20 Å². The van der Waals surface area contributed by atoms with E-state index in [9.17, 15) is 0 Å². The molecule has 130 valence electrons. The first-order valence-corrected chi connectivity index (χ1v) is 8.59. The fraction of sp³-hybridized carbons (Fsp3) is 0.625. The molecule has 1 aliphatic heterocycles. The number of rotatable bonds is 5. The monoisotopic (exact) mass is 330 g/mol. The number of hydrogen-bond donors (Lipinski definition) is 1. The Hall–Kier alpha value is -2.38. The zero-order valence-corrected chi connectivity index (χ0v) is 14.7. The van der Waals surface area contributed by atoms with E-state index in [1.807, 2.05) is 22.5 Å². The molecular formula is C16H26N8. The third-order valence-corrected chi connectivity index (χ3v) is 4.43. The van der Waals surface area contributed by atoms with E-state index in [2.05, 4.69) is 45.6 Å². The molecule has 1 unspecified atom stereocenters. The van der Waals surface area contributed by atoms with Gasteiger partial charge in [-0.2, -0.15) is 5.10 Å². The predicted molar refractivity (Wildman–Crippen MR) is 92.7 cm³/mol. The van der Waals surface area contributed by atoms with Crippen LogP contribution < -0.4 is 5.32 Å². The Bertz CT molecular complexity index is 686. The maximum absolute atomic E-state index is 4.77. The Morgan fingerprint density at radius 1 is 1.42 bits per heavy atom. The van der Waals surface area contributed by atoms with Gasteiger partial charge in [-0.25, -0.2) is 4.99 Å². The van der Waals surface area contributed by atoms with E-state index < -0.39 is 0 Å². The number of likely N-dealkylation sites (tertiary alicyclic amines) is 1. The lowest BCUT2D eigenvalue weighted by Crippen LogP contribution is -2.40. The van der Waals surface area contributed by atoms with Crippen molar-refractivity contribution in [2.45, 2.75) is 39.3 Å². The summed E-state index contributed by atoms with van der Waals surface area (Å²) in [6, 6.07) is 0. The standard InChI is InChI=1S/C16H26N8/c1-4-17-16(18-9-15-21-19-12-23(15)5-2)24-7-6-13(11-24)14-8-20-22(3)10-14/h8,10,12-13H,4-7,9,11H2,1-3H3,(H,17,18). The number of nitrogens with zero attached hydrogens (tertiary/aromatic N) is 7. The lowest BCUT2D eigenvalue weighted by atomic mass is 10.0. The van der Waals surface area contributed by atoms with Crippen LogP contribution in [-0.4, -0.2) is 55.0 Å². The van der Waals surface area contributed by atoms with Gasteiger partial charge in [-0.3, -0.25) is 4.68 Å². The normalized spacial score (nSPS) is 18.4. The van der Waals surface area contributed by atoms with Gasteiger partial charge in [0.25, 0.3) is 0 Å². The molecule has 2 aromatic heterocycles. The first-order valence-electron chi connectivity index (χ1n) is 8.59. The molecule has 24 heavy (non-hydrogen) atoms. The van der Waals surface area contributed by atoms with Crippen molar-refractivity contribution in [3.8, 4) is 0 Å². The molecule has 1 saturated heterocycles. The summed E-state index contributed by atoms with van der Waals surface area (Å²) in [4.78, 5) is 7.09. The summed E-state index contributed by atoms with van der Waals surface area (Å²) in [6.07, 6.45) is 6.97. The predicted octanol–water partition coefficient (Wildman–Crippen LogP) is 0.986. The highest BCUT2D eigenvalue weighted by Crippen LogP contribution is 2.26. The third-order valence-electron chi connectivity index (χ3n) is 4.43. The minimum atomic E-state index is 0.516. The summed E-state index contributed by atoms with van der Waals surface area (Å²) >= 11 is 0. The molecule has 8 nitrogen and oxygen atoms in total. The Morgan fingerprint density at radius 2 is 2.29 bits per heavy atom. The van der Waals surface area contributed by atoms with Crippen LogP contribution in [0.15, 0.2) is 23.7 Å². The quantitative estimate of drug-likeness (QED) is 0.653. The van der Waals surface area contributed by atoms with Gasteiger partial charge in [-0.15, -0.1) is 10.2 Å². The SMILES string of the molecule is CCNC(=NCc1nncn1CC)N1CCC(c2cnn(C)c2)C1. The molecule has 0 spiro atoms. The molecule has 3 heterocycles. The lowest BCUT2D eigenvalue weighted by molar-refractivity contribution is 0.485. The third kappa shape index (κ3) is 3.58. The lowest BCUT2D eigenvalue weighted by Gasteiger charge is -2.21. The highest BCUT2D eigenvalue weighted by atomic mass is 15.3. The van der Waals surface area contributed by atoms with Gasteiger partial charge in [0, 0.05) is 45.3 Å². The van der Waals surface area contributed by atoms with Gasteiger partial charge in [0.2, 0.25) is 0 Å². The number of nitrogens with one attached hydrogen (secondary N) is 1. The van der Waals surface area contributed by atoms with E-state index in [0.29, 0.717) is 12.5 Å². The van der Waals surface area contributed by atoms with Gasteiger partial charge < -0.3 is 14.8 Å².